The molecule has 1 N–H and O–H groups in total. The van der Waals surface area contributed by atoms with Crippen LogP contribution >= 0.6 is 0 Å². The average Bonchev–Trinajstić information content (AvgIpc) is 3.26. The van der Waals surface area contributed by atoms with Gasteiger partial charge in [0.2, 0.25) is 5.91 Å². The van der Waals surface area contributed by atoms with Crippen LogP contribution in [0.5, 0.6) is 5.75 Å². The number of benzene rings is 1. The van der Waals surface area contributed by atoms with Crippen LogP contribution in [0, 0.1) is 10.1 Å². The summed E-state index contributed by atoms with van der Waals surface area (Å²) in [6, 6.07) is 7.85. The van der Waals surface area contributed by atoms with E-state index in [2.05, 4.69) is 15.3 Å². The third kappa shape index (κ3) is 4.62. The number of hydrogen-bond donors (Lipinski definition) is 1. The van der Waals surface area contributed by atoms with E-state index in [-0.39, 0.29) is 17.6 Å². The van der Waals surface area contributed by atoms with E-state index in [4.69, 9.17) is 4.74 Å². The molecular formula is C21H29N5O4. The van der Waals surface area contributed by atoms with Crippen molar-refractivity contribution in [3.63, 3.8) is 0 Å². The van der Waals surface area contributed by atoms with Crippen molar-refractivity contribution >= 4 is 11.6 Å². The lowest BCUT2D eigenvalue weighted by Gasteiger charge is -2.36. The number of nitro groups is 1. The van der Waals surface area contributed by atoms with Crippen molar-refractivity contribution in [2.45, 2.75) is 44.7 Å². The first-order chi connectivity index (χ1) is 14.3. The fraction of sp³-hybridized carbons (Fsp3) is 0.524. The van der Waals surface area contributed by atoms with Gasteiger partial charge in [-0.05, 0) is 45.8 Å². The Kier molecular flexibility index (Phi) is 6.71. The minimum absolute atomic E-state index is 0.0202. The number of rotatable bonds is 8. The van der Waals surface area contributed by atoms with E-state index in [1.165, 1.54) is 17.3 Å². The van der Waals surface area contributed by atoms with Gasteiger partial charge in [0.05, 0.1) is 18.1 Å². The Balaban J connectivity index is 1.78. The summed E-state index contributed by atoms with van der Waals surface area (Å²) < 4.78 is 6.90. The number of carbonyl (C=O) groups is 1. The minimum atomic E-state index is -1.07. The second kappa shape index (κ2) is 9.25. The lowest BCUT2D eigenvalue weighted by molar-refractivity contribution is -0.385. The highest BCUT2D eigenvalue weighted by Gasteiger charge is 2.33. The summed E-state index contributed by atoms with van der Waals surface area (Å²) in [5, 5.41) is 18.0. The summed E-state index contributed by atoms with van der Waals surface area (Å²) >= 11 is 0. The predicted molar refractivity (Wildman–Crippen MR) is 112 cm³/mol. The van der Waals surface area contributed by atoms with Crippen LogP contribution in [0.4, 0.5) is 5.69 Å². The van der Waals surface area contributed by atoms with Gasteiger partial charge >= 0.3 is 5.69 Å². The SMILES string of the molecule is COc1ccccc1C(CNC(=O)C(C)(C)n1cc([N+](=O)[O-])cn1)N1CCCCC1. The van der Waals surface area contributed by atoms with Gasteiger partial charge in [-0.15, -0.1) is 0 Å². The first-order valence-corrected chi connectivity index (χ1v) is 10.2. The van der Waals surface area contributed by atoms with E-state index in [1.807, 2.05) is 24.3 Å². The number of nitrogens with one attached hydrogen (secondary N) is 1. The van der Waals surface area contributed by atoms with Gasteiger partial charge in [0.1, 0.15) is 23.7 Å². The van der Waals surface area contributed by atoms with Crippen molar-refractivity contribution in [2.24, 2.45) is 0 Å². The largest absolute Gasteiger partial charge is 0.496 e. The van der Waals surface area contributed by atoms with E-state index >= 15 is 0 Å². The molecule has 9 heteroatoms. The molecule has 0 saturated carbocycles. The first-order valence-electron chi connectivity index (χ1n) is 10.2. The Labute approximate surface area is 176 Å². The molecule has 1 aliphatic rings. The molecule has 9 nitrogen and oxygen atoms in total. The summed E-state index contributed by atoms with van der Waals surface area (Å²) in [4.78, 5) is 25.8. The molecule has 162 valence electrons. The maximum absolute atomic E-state index is 13.0. The highest BCUT2D eigenvalue weighted by molar-refractivity contribution is 5.83. The van der Waals surface area contributed by atoms with Gasteiger partial charge < -0.3 is 10.1 Å². The first kappa shape index (κ1) is 21.8. The number of piperidine rings is 1. The predicted octanol–water partition coefficient (Wildman–Crippen LogP) is 2.88. The maximum Gasteiger partial charge on any atom is 0.307 e. The Morgan fingerprint density at radius 2 is 2.00 bits per heavy atom. The van der Waals surface area contributed by atoms with E-state index in [0.29, 0.717) is 6.54 Å². The molecule has 2 heterocycles. The monoisotopic (exact) mass is 415 g/mol. The average molecular weight is 415 g/mol. The summed E-state index contributed by atoms with van der Waals surface area (Å²) in [5.41, 5.74) is -0.174. The van der Waals surface area contributed by atoms with Gasteiger partial charge in [-0.1, -0.05) is 24.6 Å². The third-order valence-corrected chi connectivity index (χ3v) is 5.69. The van der Waals surface area contributed by atoms with E-state index < -0.39 is 10.5 Å². The number of carbonyl (C=O) groups excluding carboxylic acids is 1. The molecule has 0 aliphatic carbocycles. The molecule has 3 rings (SSSR count). The molecule has 30 heavy (non-hydrogen) atoms. The van der Waals surface area contributed by atoms with Crippen LogP contribution < -0.4 is 10.1 Å². The van der Waals surface area contributed by atoms with Crippen LogP contribution in [0.2, 0.25) is 0 Å². The fourth-order valence-electron chi connectivity index (χ4n) is 3.83. The number of amides is 1. The molecule has 1 atom stereocenters. The number of ether oxygens (including phenoxy) is 1. The van der Waals surface area contributed by atoms with Crippen molar-refractivity contribution in [3.8, 4) is 5.75 Å². The van der Waals surface area contributed by atoms with Crippen molar-refractivity contribution in [2.75, 3.05) is 26.7 Å². The van der Waals surface area contributed by atoms with E-state index in [9.17, 15) is 14.9 Å². The summed E-state index contributed by atoms with van der Waals surface area (Å²) in [5.74, 6) is 0.543. The van der Waals surface area contributed by atoms with Gasteiger partial charge in [-0.2, -0.15) is 5.10 Å². The maximum atomic E-state index is 13.0. The van der Waals surface area contributed by atoms with Crippen LogP contribution in [0.15, 0.2) is 36.7 Å². The molecular weight excluding hydrogens is 386 g/mol. The Hall–Kier alpha value is -2.94. The molecule has 1 aromatic heterocycles. The topological polar surface area (TPSA) is 103 Å². The molecule has 0 bridgehead atoms. The molecule has 1 amide bonds. The zero-order valence-corrected chi connectivity index (χ0v) is 17.7. The number of nitrogens with zero attached hydrogens (tertiary/aromatic N) is 4. The number of para-hydroxylation sites is 1. The highest BCUT2D eigenvalue weighted by atomic mass is 16.6. The summed E-state index contributed by atoms with van der Waals surface area (Å²) in [6.45, 7) is 5.72. The van der Waals surface area contributed by atoms with Gasteiger partial charge in [0.15, 0.2) is 0 Å². The molecule has 1 aliphatic heterocycles. The second-order valence-corrected chi connectivity index (χ2v) is 8.02. The van der Waals surface area contributed by atoms with Gasteiger partial charge in [-0.25, -0.2) is 0 Å². The Morgan fingerprint density at radius 3 is 2.63 bits per heavy atom. The normalized spacial score (nSPS) is 16.1. The fourth-order valence-corrected chi connectivity index (χ4v) is 3.83. The molecule has 1 aromatic carbocycles. The quantitative estimate of drug-likeness (QED) is 0.525. The third-order valence-electron chi connectivity index (χ3n) is 5.69. The van der Waals surface area contributed by atoms with E-state index in [0.717, 1.165) is 43.4 Å². The van der Waals surface area contributed by atoms with E-state index in [1.54, 1.807) is 21.0 Å². The molecule has 1 fully saturated rings. The van der Waals surface area contributed by atoms with Crippen molar-refractivity contribution in [3.05, 3.63) is 52.3 Å². The zero-order valence-electron chi connectivity index (χ0n) is 17.7. The lowest BCUT2D eigenvalue weighted by atomic mass is 9.99. The lowest BCUT2D eigenvalue weighted by Crippen LogP contribution is -2.48. The van der Waals surface area contributed by atoms with Gasteiger partial charge in [-0.3, -0.25) is 24.5 Å². The molecule has 0 spiro atoms. The van der Waals surface area contributed by atoms with Crippen LogP contribution in [-0.2, 0) is 10.3 Å². The number of likely N-dealkylation sites (tertiary alicyclic amines) is 1. The van der Waals surface area contributed by atoms with Crippen molar-refractivity contribution < 1.29 is 14.5 Å². The van der Waals surface area contributed by atoms with Crippen LogP contribution in [0.3, 0.4) is 0 Å². The van der Waals surface area contributed by atoms with Crippen molar-refractivity contribution in [1.29, 1.82) is 0 Å². The summed E-state index contributed by atoms with van der Waals surface area (Å²) in [6.07, 6.45) is 5.90. The standard InChI is InChI=1S/C21H29N5O4/c1-21(2,25-15-16(13-23-25)26(28)29)20(27)22-14-18(24-11-7-4-8-12-24)17-9-5-6-10-19(17)30-3/h5-6,9-10,13,15,18H,4,7-8,11-12,14H2,1-3H3,(H,22,27). The number of hydrogen-bond acceptors (Lipinski definition) is 6. The van der Waals surface area contributed by atoms with Crippen LogP contribution in [-0.4, -0.2) is 52.3 Å². The Bertz CT molecular complexity index is 889. The number of methoxy groups -OCH3 is 1. The zero-order chi connectivity index (χ0) is 21.7. The minimum Gasteiger partial charge on any atom is -0.496 e. The highest BCUT2D eigenvalue weighted by Crippen LogP contribution is 2.31. The Morgan fingerprint density at radius 1 is 1.30 bits per heavy atom. The van der Waals surface area contributed by atoms with Gasteiger partial charge in [0, 0.05) is 12.1 Å². The van der Waals surface area contributed by atoms with Gasteiger partial charge in [0.25, 0.3) is 0 Å². The summed E-state index contributed by atoms with van der Waals surface area (Å²) in [7, 11) is 1.65. The molecule has 0 radical (unpaired) electrons. The number of aromatic nitrogens is 2. The second-order valence-electron chi connectivity index (χ2n) is 8.02. The van der Waals surface area contributed by atoms with Crippen molar-refractivity contribution in [1.82, 2.24) is 20.0 Å². The molecule has 1 unspecified atom stereocenters. The smallest absolute Gasteiger partial charge is 0.307 e. The van der Waals surface area contributed by atoms with Crippen LogP contribution in [0.25, 0.3) is 0 Å². The molecule has 2 aromatic rings. The molecule has 1 saturated heterocycles. The van der Waals surface area contributed by atoms with Crippen LogP contribution in [0.1, 0.15) is 44.7 Å².